The van der Waals surface area contributed by atoms with Gasteiger partial charge in [-0.3, -0.25) is 4.55 Å². The average molecular weight is 278 g/mol. The summed E-state index contributed by atoms with van der Waals surface area (Å²) >= 11 is 0. The monoisotopic (exact) mass is 278 g/mol. The first-order chi connectivity index (χ1) is 8.96. The van der Waals surface area contributed by atoms with Gasteiger partial charge in [0.05, 0.1) is 0 Å². The van der Waals surface area contributed by atoms with Crippen LogP contribution in [0.5, 0.6) is 0 Å². The molecule has 0 bridgehead atoms. The van der Waals surface area contributed by atoms with Gasteiger partial charge in [0.1, 0.15) is 6.10 Å². The molecular weight excluding hydrogens is 264 g/mol. The maximum atomic E-state index is 10.6. The molecule has 0 aliphatic heterocycles. The molecular formula is C14H14O4S. The minimum absolute atomic E-state index is 0.678. The molecule has 0 fully saturated rings. The minimum Gasteiger partial charge on any atom is -0.264 e. The molecule has 0 radical (unpaired) electrons. The minimum atomic E-state index is -4.43. The van der Waals surface area contributed by atoms with Gasteiger partial charge in [-0.25, -0.2) is 4.18 Å². The summed E-state index contributed by atoms with van der Waals surface area (Å²) in [7, 11) is -4.43. The van der Waals surface area contributed by atoms with Crippen molar-refractivity contribution in [1.29, 1.82) is 0 Å². The molecule has 2 aromatic carbocycles. The smallest absolute Gasteiger partial charge is 0.264 e. The van der Waals surface area contributed by atoms with Gasteiger partial charge >= 0.3 is 10.4 Å². The summed E-state index contributed by atoms with van der Waals surface area (Å²) in [5.41, 5.74) is 2.79. The van der Waals surface area contributed by atoms with Crippen molar-refractivity contribution < 1.29 is 17.2 Å². The summed E-state index contributed by atoms with van der Waals surface area (Å²) in [5, 5.41) is 0. The van der Waals surface area contributed by atoms with E-state index in [-0.39, 0.29) is 0 Å². The van der Waals surface area contributed by atoms with Crippen LogP contribution in [0.25, 0.3) is 11.1 Å². The second-order valence-corrected chi connectivity index (χ2v) is 5.20. The van der Waals surface area contributed by atoms with Crippen molar-refractivity contribution in [2.75, 3.05) is 0 Å². The van der Waals surface area contributed by atoms with Gasteiger partial charge in [0.25, 0.3) is 0 Å². The molecule has 2 rings (SSSR count). The highest BCUT2D eigenvalue weighted by molar-refractivity contribution is 7.80. The molecule has 19 heavy (non-hydrogen) atoms. The Morgan fingerprint density at radius 1 is 0.947 bits per heavy atom. The second-order valence-electron chi connectivity index (χ2n) is 4.15. The van der Waals surface area contributed by atoms with Gasteiger partial charge in [0.2, 0.25) is 0 Å². The van der Waals surface area contributed by atoms with E-state index in [1.807, 2.05) is 42.5 Å². The Hall–Kier alpha value is -1.69. The fraction of sp³-hybridized carbons (Fsp3) is 0.143. The van der Waals surface area contributed by atoms with Crippen LogP contribution in [0.3, 0.4) is 0 Å². The quantitative estimate of drug-likeness (QED) is 0.872. The van der Waals surface area contributed by atoms with Crippen LogP contribution in [-0.4, -0.2) is 13.0 Å². The van der Waals surface area contributed by atoms with Crippen molar-refractivity contribution in [2.24, 2.45) is 0 Å². The molecule has 1 unspecified atom stereocenters. The highest BCUT2D eigenvalue weighted by Crippen LogP contribution is 2.23. The molecule has 1 N–H and O–H groups in total. The predicted octanol–water partition coefficient (Wildman–Crippen LogP) is 3.23. The van der Waals surface area contributed by atoms with Crippen molar-refractivity contribution in [3.8, 4) is 11.1 Å². The normalized spacial score (nSPS) is 13.2. The Labute approximate surface area is 112 Å². The molecule has 0 saturated heterocycles. The Kier molecular flexibility index (Phi) is 3.99. The van der Waals surface area contributed by atoms with Crippen LogP contribution in [-0.2, 0) is 14.6 Å². The topological polar surface area (TPSA) is 63.6 Å². The molecule has 2 aromatic rings. The van der Waals surface area contributed by atoms with Crippen molar-refractivity contribution in [3.63, 3.8) is 0 Å². The van der Waals surface area contributed by atoms with Crippen molar-refractivity contribution in [3.05, 3.63) is 60.2 Å². The van der Waals surface area contributed by atoms with Gasteiger partial charge in [0, 0.05) is 0 Å². The van der Waals surface area contributed by atoms with Crippen LogP contribution in [0.2, 0.25) is 0 Å². The van der Waals surface area contributed by atoms with Crippen molar-refractivity contribution in [2.45, 2.75) is 13.0 Å². The van der Waals surface area contributed by atoms with Gasteiger partial charge in [-0.1, -0.05) is 54.6 Å². The fourth-order valence-electron chi connectivity index (χ4n) is 1.82. The third-order valence-corrected chi connectivity index (χ3v) is 3.29. The van der Waals surface area contributed by atoms with Crippen LogP contribution < -0.4 is 0 Å². The molecule has 100 valence electrons. The van der Waals surface area contributed by atoms with E-state index in [1.165, 1.54) is 0 Å². The van der Waals surface area contributed by atoms with Gasteiger partial charge < -0.3 is 0 Å². The molecule has 0 aromatic heterocycles. The van der Waals surface area contributed by atoms with Gasteiger partial charge in [-0.05, 0) is 23.6 Å². The lowest BCUT2D eigenvalue weighted by Gasteiger charge is -2.11. The molecule has 0 amide bonds. The van der Waals surface area contributed by atoms with E-state index in [2.05, 4.69) is 4.18 Å². The fourth-order valence-corrected chi connectivity index (χ4v) is 2.29. The molecule has 4 nitrogen and oxygen atoms in total. The summed E-state index contributed by atoms with van der Waals surface area (Å²) in [6, 6.07) is 17.2. The molecule has 0 saturated carbocycles. The number of rotatable bonds is 4. The largest absolute Gasteiger partial charge is 0.397 e. The zero-order chi connectivity index (χ0) is 13.9. The summed E-state index contributed by atoms with van der Waals surface area (Å²) in [5.74, 6) is 0. The molecule has 0 heterocycles. The van der Waals surface area contributed by atoms with E-state index in [9.17, 15) is 8.42 Å². The Morgan fingerprint density at radius 3 is 2.00 bits per heavy atom. The van der Waals surface area contributed by atoms with E-state index in [1.54, 1.807) is 19.1 Å². The predicted molar refractivity (Wildman–Crippen MR) is 72.9 cm³/mol. The van der Waals surface area contributed by atoms with E-state index in [0.29, 0.717) is 5.56 Å². The highest BCUT2D eigenvalue weighted by atomic mass is 32.3. The number of hydrogen-bond acceptors (Lipinski definition) is 3. The van der Waals surface area contributed by atoms with E-state index >= 15 is 0 Å². The van der Waals surface area contributed by atoms with Crippen LogP contribution in [0.4, 0.5) is 0 Å². The lowest BCUT2D eigenvalue weighted by molar-refractivity contribution is 0.201. The third kappa shape index (κ3) is 3.89. The van der Waals surface area contributed by atoms with Crippen LogP contribution in [0.15, 0.2) is 54.6 Å². The van der Waals surface area contributed by atoms with Crippen LogP contribution in [0, 0.1) is 0 Å². The molecule has 0 spiro atoms. The van der Waals surface area contributed by atoms with Crippen LogP contribution >= 0.6 is 0 Å². The maximum absolute atomic E-state index is 10.6. The SMILES string of the molecule is CC(OS(=O)(=O)O)c1ccc(-c2ccccc2)cc1. The second kappa shape index (κ2) is 5.52. The summed E-state index contributed by atoms with van der Waals surface area (Å²) < 4.78 is 34.4. The Bertz CT molecular complexity index is 633. The van der Waals surface area contributed by atoms with Crippen molar-refractivity contribution in [1.82, 2.24) is 0 Å². The summed E-state index contributed by atoms with van der Waals surface area (Å²) in [4.78, 5) is 0. The first-order valence-electron chi connectivity index (χ1n) is 5.77. The molecule has 5 heteroatoms. The average Bonchev–Trinajstić information content (AvgIpc) is 2.38. The summed E-state index contributed by atoms with van der Waals surface area (Å²) in [6.07, 6.45) is -0.722. The zero-order valence-corrected chi connectivity index (χ0v) is 11.2. The van der Waals surface area contributed by atoms with Crippen molar-refractivity contribution >= 4 is 10.4 Å². The molecule has 1 atom stereocenters. The van der Waals surface area contributed by atoms with E-state index in [4.69, 9.17) is 4.55 Å². The first kappa shape index (κ1) is 13.7. The Balaban J connectivity index is 2.19. The van der Waals surface area contributed by atoms with Gasteiger partial charge in [-0.2, -0.15) is 8.42 Å². The lowest BCUT2D eigenvalue weighted by atomic mass is 10.0. The van der Waals surface area contributed by atoms with Crippen LogP contribution in [0.1, 0.15) is 18.6 Å². The first-order valence-corrected chi connectivity index (χ1v) is 7.13. The summed E-state index contributed by atoms with van der Waals surface area (Å²) in [6.45, 7) is 1.56. The van der Waals surface area contributed by atoms with E-state index in [0.717, 1.165) is 11.1 Å². The van der Waals surface area contributed by atoms with Gasteiger partial charge in [0.15, 0.2) is 0 Å². The standard InChI is InChI=1S/C14H14O4S/c1-11(18-19(15,16)17)12-7-9-14(10-8-12)13-5-3-2-4-6-13/h2-11H,1H3,(H,15,16,17). The lowest BCUT2D eigenvalue weighted by Crippen LogP contribution is -2.07. The van der Waals surface area contributed by atoms with E-state index < -0.39 is 16.5 Å². The Morgan fingerprint density at radius 2 is 1.47 bits per heavy atom. The zero-order valence-electron chi connectivity index (χ0n) is 10.4. The molecule has 0 aliphatic carbocycles. The third-order valence-electron chi connectivity index (χ3n) is 2.75. The highest BCUT2D eigenvalue weighted by Gasteiger charge is 2.14. The number of hydrogen-bond donors (Lipinski definition) is 1. The van der Waals surface area contributed by atoms with Gasteiger partial charge in [-0.15, -0.1) is 0 Å². The molecule has 0 aliphatic rings. The number of benzene rings is 2. The maximum Gasteiger partial charge on any atom is 0.397 e.